The molecular formula is C13H15ClN4O3. The molecule has 2 aromatic rings. The standard InChI is InChI=1S/C13H15ClN4O3/c1-13(2)20-8-4-19-7(10(8)21-13)3-18-6-17-9-11(14)15-5-16-12(9)18/h5-8,10H,3-4H2,1-2H3/t7-,8+,10-/m0/s1. The highest BCUT2D eigenvalue weighted by atomic mass is 35.5. The number of ether oxygens (including phenoxy) is 3. The second-order valence-corrected chi connectivity index (χ2v) is 6.10. The molecule has 4 rings (SSSR count). The molecule has 2 aliphatic rings. The summed E-state index contributed by atoms with van der Waals surface area (Å²) in [7, 11) is 0. The van der Waals surface area contributed by atoms with Crippen LogP contribution in [0, 0.1) is 0 Å². The molecule has 0 amide bonds. The van der Waals surface area contributed by atoms with E-state index >= 15 is 0 Å². The average molecular weight is 311 g/mol. The monoisotopic (exact) mass is 310 g/mol. The van der Waals surface area contributed by atoms with Crippen LogP contribution in [0.25, 0.3) is 11.2 Å². The van der Waals surface area contributed by atoms with E-state index in [1.54, 1.807) is 6.33 Å². The summed E-state index contributed by atoms with van der Waals surface area (Å²) < 4.78 is 19.4. The van der Waals surface area contributed by atoms with E-state index in [9.17, 15) is 0 Å². The van der Waals surface area contributed by atoms with Crippen molar-refractivity contribution in [1.29, 1.82) is 0 Å². The van der Waals surface area contributed by atoms with Crippen LogP contribution >= 0.6 is 11.6 Å². The van der Waals surface area contributed by atoms with Gasteiger partial charge < -0.3 is 18.8 Å². The van der Waals surface area contributed by atoms with Crippen molar-refractivity contribution in [3.63, 3.8) is 0 Å². The lowest BCUT2D eigenvalue weighted by molar-refractivity contribution is -0.175. The quantitative estimate of drug-likeness (QED) is 0.781. The number of rotatable bonds is 2. The zero-order valence-electron chi connectivity index (χ0n) is 11.7. The molecular weight excluding hydrogens is 296 g/mol. The van der Waals surface area contributed by atoms with Gasteiger partial charge >= 0.3 is 0 Å². The van der Waals surface area contributed by atoms with Crippen LogP contribution in [0.1, 0.15) is 13.8 Å². The second kappa shape index (κ2) is 4.61. The Bertz CT molecular complexity index is 689. The Labute approximate surface area is 126 Å². The van der Waals surface area contributed by atoms with Gasteiger partial charge in [0.2, 0.25) is 0 Å². The molecule has 0 radical (unpaired) electrons. The van der Waals surface area contributed by atoms with Gasteiger partial charge in [-0.3, -0.25) is 0 Å². The molecule has 0 aromatic carbocycles. The molecule has 21 heavy (non-hydrogen) atoms. The minimum Gasteiger partial charge on any atom is -0.371 e. The number of nitrogens with zero attached hydrogens (tertiary/aromatic N) is 4. The van der Waals surface area contributed by atoms with E-state index in [-0.39, 0.29) is 18.3 Å². The molecule has 2 aliphatic heterocycles. The number of imidazole rings is 1. The molecule has 2 saturated heterocycles. The molecule has 0 saturated carbocycles. The summed E-state index contributed by atoms with van der Waals surface area (Å²) in [6.07, 6.45) is 2.94. The third-order valence-electron chi connectivity index (χ3n) is 3.80. The average Bonchev–Trinajstić information content (AvgIpc) is 3.05. The maximum atomic E-state index is 6.01. The van der Waals surface area contributed by atoms with E-state index in [1.807, 2.05) is 18.4 Å². The maximum Gasteiger partial charge on any atom is 0.164 e. The number of halogens is 1. The van der Waals surface area contributed by atoms with Crippen LogP contribution in [0.5, 0.6) is 0 Å². The number of aromatic nitrogens is 4. The first-order valence-corrected chi connectivity index (χ1v) is 7.20. The van der Waals surface area contributed by atoms with E-state index in [2.05, 4.69) is 15.0 Å². The van der Waals surface area contributed by atoms with Crippen molar-refractivity contribution in [3.05, 3.63) is 17.8 Å². The summed E-state index contributed by atoms with van der Waals surface area (Å²) in [5.41, 5.74) is 1.29. The third-order valence-corrected chi connectivity index (χ3v) is 4.07. The highest BCUT2D eigenvalue weighted by Crippen LogP contribution is 2.36. The predicted octanol–water partition coefficient (Wildman–Crippen LogP) is 1.40. The van der Waals surface area contributed by atoms with Gasteiger partial charge in [0, 0.05) is 0 Å². The molecule has 0 spiro atoms. The second-order valence-electron chi connectivity index (χ2n) is 5.74. The molecule has 7 nitrogen and oxygen atoms in total. The molecule has 3 atom stereocenters. The number of fused-ring (bicyclic) bond motifs is 2. The minimum atomic E-state index is -0.556. The van der Waals surface area contributed by atoms with Crippen molar-refractivity contribution in [1.82, 2.24) is 19.5 Å². The van der Waals surface area contributed by atoms with Crippen molar-refractivity contribution < 1.29 is 14.2 Å². The molecule has 2 fully saturated rings. The maximum absolute atomic E-state index is 6.01. The van der Waals surface area contributed by atoms with Crippen LogP contribution in [0.2, 0.25) is 5.15 Å². The molecule has 0 aliphatic carbocycles. The van der Waals surface area contributed by atoms with Crippen LogP contribution in [0.3, 0.4) is 0 Å². The van der Waals surface area contributed by atoms with Crippen LogP contribution in [-0.4, -0.2) is 50.2 Å². The van der Waals surface area contributed by atoms with Gasteiger partial charge in [-0.2, -0.15) is 0 Å². The van der Waals surface area contributed by atoms with Gasteiger partial charge in [0.1, 0.15) is 30.2 Å². The fourth-order valence-electron chi connectivity index (χ4n) is 2.96. The fourth-order valence-corrected chi connectivity index (χ4v) is 3.13. The molecule has 0 bridgehead atoms. The zero-order valence-corrected chi connectivity index (χ0v) is 12.4. The summed E-state index contributed by atoms with van der Waals surface area (Å²) in [4.78, 5) is 12.4. The Morgan fingerprint density at radius 2 is 2.19 bits per heavy atom. The normalized spacial score (nSPS) is 30.9. The van der Waals surface area contributed by atoms with Crippen molar-refractivity contribution in [2.45, 2.75) is 44.5 Å². The van der Waals surface area contributed by atoms with Crippen LogP contribution in [-0.2, 0) is 20.8 Å². The Kier molecular flexibility index (Phi) is 2.94. The Morgan fingerprint density at radius 3 is 3.05 bits per heavy atom. The van der Waals surface area contributed by atoms with Crippen LogP contribution < -0.4 is 0 Å². The third kappa shape index (κ3) is 2.20. The van der Waals surface area contributed by atoms with Gasteiger partial charge in [-0.25, -0.2) is 15.0 Å². The summed E-state index contributed by atoms with van der Waals surface area (Å²) in [6.45, 7) is 4.97. The van der Waals surface area contributed by atoms with Crippen molar-refractivity contribution >= 4 is 22.8 Å². The van der Waals surface area contributed by atoms with Crippen LogP contribution in [0.15, 0.2) is 12.7 Å². The van der Waals surface area contributed by atoms with Gasteiger partial charge in [0.05, 0.1) is 19.5 Å². The van der Waals surface area contributed by atoms with Crippen molar-refractivity contribution in [3.8, 4) is 0 Å². The lowest BCUT2D eigenvalue weighted by atomic mass is 10.1. The highest BCUT2D eigenvalue weighted by Gasteiger charge is 2.50. The zero-order chi connectivity index (χ0) is 14.6. The van der Waals surface area contributed by atoms with E-state index in [0.29, 0.717) is 29.5 Å². The van der Waals surface area contributed by atoms with Gasteiger partial charge in [-0.05, 0) is 13.8 Å². The largest absolute Gasteiger partial charge is 0.371 e. The van der Waals surface area contributed by atoms with Gasteiger partial charge in [-0.15, -0.1) is 0 Å². The first-order valence-electron chi connectivity index (χ1n) is 6.82. The fraction of sp³-hybridized carbons (Fsp3) is 0.615. The summed E-state index contributed by atoms with van der Waals surface area (Å²) >= 11 is 6.01. The van der Waals surface area contributed by atoms with Crippen molar-refractivity contribution in [2.24, 2.45) is 0 Å². The number of hydrogen-bond donors (Lipinski definition) is 0. The summed E-state index contributed by atoms with van der Waals surface area (Å²) in [6, 6.07) is 0. The molecule has 0 N–H and O–H groups in total. The van der Waals surface area contributed by atoms with Gasteiger partial charge in [0.25, 0.3) is 0 Å². The Hall–Kier alpha value is -1.28. The highest BCUT2D eigenvalue weighted by molar-refractivity contribution is 6.33. The van der Waals surface area contributed by atoms with E-state index in [4.69, 9.17) is 25.8 Å². The smallest absolute Gasteiger partial charge is 0.164 e. The molecule has 112 valence electrons. The Balaban J connectivity index is 1.60. The molecule has 8 heteroatoms. The molecule has 0 unspecified atom stereocenters. The first kappa shape index (κ1) is 13.4. The predicted molar refractivity (Wildman–Crippen MR) is 73.9 cm³/mol. The minimum absolute atomic E-state index is 0.0157. The number of hydrogen-bond acceptors (Lipinski definition) is 6. The Morgan fingerprint density at radius 1 is 1.33 bits per heavy atom. The van der Waals surface area contributed by atoms with Crippen LogP contribution in [0.4, 0.5) is 0 Å². The SMILES string of the molecule is CC1(C)O[C@H]2[C@H](Cn3cnc4c(Cl)ncnc43)OC[C@H]2O1. The van der Waals surface area contributed by atoms with E-state index in [1.165, 1.54) is 6.33 Å². The lowest BCUT2D eigenvalue weighted by Crippen LogP contribution is -2.32. The van der Waals surface area contributed by atoms with E-state index in [0.717, 1.165) is 0 Å². The van der Waals surface area contributed by atoms with Gasteiger partial charge in [-0.1, -0.05) is 11.6 Å². The summed E-state index contributed by atoms with van der Waals surface area (Å²) in [5, 5.41) is 0.352. The molecule has 4 heterocycles. The summed E-state index contributed by atoms with van der Waals surface area (Å²) in [5.74, 6) is -0.556. The van der Waals surface area contributed by atoms with E-state index < -0.39 is 5.79 Å². The lowest BCUT2D eigenvalue weighted by Gasteiger charge is -2.22. The van der Waals surface area contributed by atoms with Gasteiger partial charge in [0.15, 0.2) is 16.6 Å². The molecule has 2 aromatic heterocycles. The first-order chi connectivity index (χ1) is 10.0. The van der Waals surface area contributed by atoms with Crippen molar-refractivity contribution in [2.75, 3.05) is 6.61 Å². The topological polar surface area (TPSA) is 71.3 Å².